The molecule has 0 spiro atoms. The molecule has 1 aromatic heterocycles. The zero-order chi connectivity index (χ0) is 32.6. The maximum atomic E-state index is 12.8. The summed E-state index contributed by atoms with van der Waals surface area (Å²) in [6, 6.07) is 7.85. The van der Waals surface area contributed by atoms with E-state index in [1.165, 1.54) is 48.6 Å². The van der Waals surface area contributed by atoms with Crippen LogP contribution in [0.15, 0.2) is 61.7 Å². The number of phenolic OH excluding ortho intramolecular Hbond substituents is 4. The van der Waals surface area contributed by atoms with Gasteiger partial charge in [0, 0.05) is 25.7 Å². The van der Waals surface area contributed by atoms with Crippen molar-refractivity contribution in [1.82, 2.24) is 9.97 Å². The molecule has 0 aliphatic heterocycles. The molecule has 0 saturated heterocycles. The van der Waals surface area contributed by atoms with Gasteiger partial charge < -0.3 is 40.1 Å². The SMILES string of the molecule is C=CCC(OC(=O)C(O)Cc1ccc(O)c(O)c1)c1nc(C)c(C(CC=C)OC(=O)C(O)Cc2ccc(O)c(O)c2)nc1C. The fraction of sp³-hybridized carbons (Fsp3) is 0.312. The molecule has 0 radical (unpaired) electrons. The Labute approximate surface area is 254 Å². The van der Waals surface area contributed by atoms with Gasteiger partial charge in [0.1, 0.15) is 23.6 Å². The summed E-state index contributed by atoms with van der Waals surface area (Å²) >= 11 is 0. The molecule has 3 aromatic rings. The van der Waals surface area contributed by atoms with E-state index in [9.17, 15) is 40.2 Å². The minimum Gasteiger partial charge on any atom is -0.504 e. The molecule has 12 heteroatoms. The number of aryl methyl sites for hydroxylation is 2. The minimum absolute atomic E-state index is 0.150. The lowest BCUT2D eigenvalue weighted by Gasteiger charge is -2.23. The summed E-state index contributed by atoms with van der Waals surface area (Å²) in [5.41, 5.74) is 2.10. The van der Waals surface area contributed by atoms with Gasteiger partial charge in [0.25, 0.3) is 0 Å². The van der Waals surface area contributed by atoms with Crippen LogP contribution in [0.4, 0.5) is 0 Å². The van der Waals surface area contributed by atoms with Crippen molar-refractivity contribution in [2.45, 2.75) is 63.9 Å². The molecule has 1 heterocycles. The van der Waals surface area contributed by atoms with E-state index in [4.69, 9.17) is 9.47 Å². The van der Waals surface area contributed by atoms with Gasteiger partial charge in [-0.1, -0.05) is 24.3 Å². The third-order valence-corrected chi connectivity index (χ3v) is 6.69. The second kappa shape index (κ2) is 15.0. The van der Waals surface area contributed by atoms with Crippen LogP contribution >= 0.6 is 0 Å². The number of carbonyl (C=O) groups is 2. The third kappa shape index (κ3) is 8.55. The lowest BCUT2D eigenvalue weighted by Crippen LogP contribution is -2.28. The molecule has 0 saturated carbocycles. The number of esters is 2. The number of aromatic hydroxyl groups is 4. The van der Waals surface area contributed by atoms with Crippen LogP contribution in [0.25, 0.3) is 0 Å². The summed E-state index contributed by atoms with van der Waals surface area (Å²) in [6.45, 7) is 10.7. The molecule has 0 aliphatic carbocycles. The Morgan fingerprint density at radius 3 is 1.39 bits per heavy atom. The predicted molar refractivity (Wildman–Crippen MR) is 158 cm³/mol. The number of rotatable bonds is 14. The van der Waals surface area contributed by atoms with Crippen LogP contribution in [0.5, 0.6) is 23.0 Å². The molecule has 6 N–H and O–H groups in total. The molecule has 0 bridgehead atoms. The third-order valence-electron chi connectivity index (χ3n) is 6.69. The summed E-state index contributed by atoms with van der Waals surface area (Å²) in [7, 11) is 0. The number of aliphatic hydroxyl groups is 2. The normalized spacial score (nSPS) is 13.7. The summed E-state index contributed by atoms with van der Waals surface area (Å²) in [4.78, 5) is 34.7. The molecule has 3 rings (SSSR count). The Kier molecular flexibility index (Phi) is 11.4. The van der Waals surface area contributed by atoms with E-state index in [-0.39, 0.29) is 48.7 Å². The first-order valence-electron chi connectivity index (χ1n) is 13.7. The lowest BCUT2D eigenvalue weighted by atomic mass is 10.1. The largest absolute Gasteiger partial charge is 0.504 e. The van der Waals surface area contributed by atoms with Gasteiger partial charge in [-0.25, -0.2) is 9.59 Å². The lowest BCUT2D eigenvalue weighted by molar-refractivity contribution is -0.160. The van der Waals surface area contributed by atoms with Gasteiger partial charge in [-0.3, -0.25) is 9.97 Å². The van der Waals surface area contributed by atoms with Crippen molar-refractivity contribution in [1.29, 1.82) is 0 Å². The second-order valence-corrected chi connectivity index (χ2v) is 10.2. The van der Waals surface area contributed by atoms with Crippen LogP contribution in [0.1, 0.15) is 59.0 Å². The van der Waals surface area contributed by atoms with Crippen molar-refractivity contribution in [3.63, 3.8) is 0 Å². The van der Waals surface area contributed by atoms with Gasteiger partial charge in [0.05, 0.1) is 11.4 Å². The first-order valence-corrected chi connectivity index (χ1v) is 13.7. The summed E-state index contributed by atoms with van der Waals surface area (Å²) < 4.78 is 11.1. The number of aliphatic hydroxyl groups excluding tert-OH is 2. The number of nitrogens with zero attached hydrogens (tertiary/aromatic N) is 2. The van der Waals surface area contributed by atoms with Crippen LogP contribution in [0.2, 0.25) is 0 Å². The monoisotopic (exact) mass is 608 g/mol. The Balaban J connectivity index is 1.77. The number of hydrogen-bond donors (Lipinski definition) is 6. The van der Waals surface area contributed by atoms with Crippen molar-refractivity contribution in [2.75, 3.05) is 0 Å². The molecular formula is C32H36N2O10. The van der Waals surface area contributed by atoms with E-state index < -0.39 is 36.4 Å². The molecule has 0 aliphatic rings. The Morgan fingerprint density at radius 2 is 1.07 bits per heavy atom. The van der Waals surface area contributed by atoms with Crippen molar-refractivity contribution in [2.24, 2.45) is 0 Å². The molecule has 2 aromatic carbocycles. The highest BCUT2D eigenvalue weighted by atomic mass is 16.6. The average molecular weight is 609 g/mol. The van der Waals surface area contributed by atoms with E-state index in [0.29, 0.717) is 33.9 Å². The second-order valence-electron chi connectivity index (χ2n) is 10.2. The van der Waals surface area contributed by atoms with Crippen molar-refractivity contribution < 1.29 is 49.7 Å². The Bertz CT molecular complexity index is 1410. The van der Waals surface area contributed by atoms with E-state index >= 15 is 0 Å². The number of phenols is 4. The standard InChI is InChI=1S/C32H36N2O10/c1-5-7-27(43-31(41)25(39)15-19-9-11-21(35)23(37)13-19)29-17(3)34-30(18(4)33-29)28(8-6-2)44-32(42)26(40)16-20-10-12-22(36)24(38)14-20/h5-6,9-14,25-28,35-40H,1-2,7-8,15-16H2,3-4H3. The van der Waals surface area contributed by atoms with Gasteiger partial charge in [0.15, 0.2) is 35.2 Å². The zero-order valence-electron chi connectivity index (χ0n) is 24.4. The van der Waals surface area contributed by atoms with Gasteiger partial charge in [-0.05, 0) is 49.2 Å². The highest BCUT2D eigenvalue weighted by Gasteiger charge is 2.29. The number of benzene rings is 2. The minimum atomic E-state index is -1.58. The number of carbonyl (C=O) groups excluding carboxylic acids is 2. The highest BCUT2D eigenvalue weighted by molar-refractivity contribution is 5.75. The van der Waals surface area contributed by atoms with Gasteiger partial charge in [-0.15, -0.1) is 13.2 Å². The van der Waals surface area contributed by atoms with Gasteiger partial charge >= 0.3 is 11.9 Å². The van der Waals surface area contributed by atoms with E-state index in [1.807, 2.05) is 0 Å². The maximum Gasteiger partial charge on any atom is 0.335 e. The molecule has 12 nitrogen and oxygen atoms in total. The van der Waals surface area contributed by atoms with E-state index in [2.05, 4.69) is 23.1 Å². The van der Waals surface area contributed by atoms with Crippen molar-refractivity contribution >= 4 is 11.9 Å². The summed E-state index contributed by atoms with van der Waals surface area (Å²) in [6.07, 6.45) is -2.07. The van der Waals surface area contributed by atoms with Crippen molar-refractivity contribution in [3.8, 4) is 23.0 Å². The molecule has 0 fully saturated rings. The molecule has 4 atom stereocenters. The quantitative estimate of drug-likeness (QED) is 0.0886. The van der Waals surface area contributed by atoms with E-state index in [0.717, 1.165) is 0 Å². The smallest absolute Gasteiger partial charge is 0.335 e. The number of hydrogen-bond acceptors (Lipinski definition) is 12. The highest BCUT2D eigenvalue weighted by Crippen LogP contribution is 2.30. The Hall–Kier alpha value is -4.94. The molecule has 0 amide bonds. The molecule has 4 unspecified atom stereocenters. The van der Waals surface area contributed by atoms with E-state index in [1.54, 1.807) is 13.8 Å². The molecule has 234 valence electrons. The first-order chi connectivity index (χ1) is 20.8. The van der Waals surface area contributed by atoms with Crippen LogP contribution in [-0.2, 0) is 31.9 Å². The van der Waals surface area contributed by atoms with Crippen LogP contribution in [0, 0.1) is 13.8 Å². The van der Waals surface area contributed by atoms with Crippen LogP contribution in [0.3, 0.4) is 0 Å². The maximum absolute atomic E-state index is 12.8. The van der Waals surface area contributed by atoms with Gasteiger partial charge in [-0.2, -0.15) is 0 Å². The fourth-order valence-corrected chi connectivity index (χ4v) is 4.42. The molecule has 44 heavy (non-hydrogen) atoms. The number of aromatic nitrogens is 2. The number of ether oxygens (including phenoxy) is 2. The Morgan fingerprint density at radius 1 is 0.705 bits per heavy atom. The zero-order valence-corrected chi connectivity index (χ0v) is 24.4. The average Bonchev–Trinajstić information content (AvgIpc) is 2.97. The topological polar surface area (TPSA) is 200 Å². The molecular weight excluding hydrogens is 572 g/mol. The summed E-state index contributed by atoms with van der Waals surface area (Å²) in [5, 5.41) is 59.2. The predicted octanol–water partition coefficient (Wildman–Crippen LogP) is 3.44. The van der Waals surface area contributed by atoms with Crippen LogP contribution < -0.4 is 0 Å². The summed E-state index contributed by atoms with van der Waals surface area (Å²) in [5.74, 6) is -3.32. The fourth-order valence-electron chi connectivity index (χ4n) is 4.42. The van der Waals surface area contributed by atoms with Gasteiger partial charge in [0.2, 0.25) is 0 Å². The van der Waals surface area contributed by atoms with Crippen molar-refractivity contribution in [3.05, 3.63) is 95.6 Å². The first kappa shape index (κ1) is 33.6. The van der Waals surface area contributed by atoms with Crippen LogP contribution in [-0.4, -0.2) is 64.8 Å².